The number of aromatic nitrogens is 1. The molecule has 1 aromatic heterocycles. The van der Waals surface area contributed by atoms with Gasteiger partial charge in [0.25, 0.3) is 5.19 Å². The Morgan fingerprint density at radius 3 is 2.90 bits per heavy atom. The van der Waals surface area contributed by atoms with Gasteiger partial charge in [-0.15, -0.1) is 5.48 Å². The van der Waals surface area contributed by atoms with Crippen molar-refractivity contribution in [1.29, 1.82) is 0 Å². The van der Waals surface area contributed by atoms with E-state index in [-0.39, 0.29) is 11.4 Å². The van der Waals surface area contributed by atoms with Crippen LogP contribution in [0.3, 0.4) is 0 Å². The van der Waals surface area contributed by atoms with Gasteiger partial charge in [-0.25, -0.2) is 10.2 Å². The number of thiazole rings is 1. The average Bonchev–Trinajstić information content (AvgIpc) is 3.13. The van der Waals surface area contributed by atoms with E-state index in [1.165, 1.54) is 0 Å². The molecule has 1 unspecified atom stereocenters. The molecule has 1 aliphatic heterocycles. The fraction of sp³-hybridized carbons (Fsp3) is 0.429. The van der Waals surface area contributed by atoms with E-state index in [0.29, 0.717) is 11.2 Å². The summed E-state index contributed by atoms with van der Waals surface area (Å²) in [4.78, 5) is 10.1. The standard InChI is InChI=1S/C21H27N5O2S/c1-21(14-26-12-8-15(9-13-26)23-19(22)25-27)10-6-16(7-11-21)28-20-24-17-4-2-3-5-18(17)29-20/h2-7,10,15,27H,8-9,11-14H2,1H3,(H3,22,23,25)/p+1. The molecule has 1 fully saturated rings. The minimum absolute atomic E-state index is 0.0958. The highest BCUT2D eigenvalue weighted by molar-refractivity contribution is 7.20. The number of hydrogen-bond donors (Lipinski definition) is 4. The second-order valence-electron chi connectivity index (χ2n) is 8.07. The predicted octanol–water partition coefficient (Wildman–Crippen LogP) is 1.36. The number of hydrogen-bond acceptors (Lipinski definition) is 5. The third-order valence-corrected chi connectivity index (χ3v) is 6.47. The number of para-hydroxylation sites is 1. The lowest BCUT2D eigenvalue weighted by molar-refractivity contribution is -0.512. The third kappa shape index (κ3) is 4.95. The van der Waals surface area contributed by atoms with Crippen LogP contribution in [0.4, 0.5) is 0 Å². The minimum atomic E-state index is 0.0958. The van der Waals surface area contributed by atoms with Crippen molar-refractivity contribution in [1.82, 2.24) is 15.4 Å². The van der Waals surface area contributed by atoms with E-state index in [1.807, 2.05) is 23.7 Å². The molecule has 1 aliphatic carbocycles. The van der Waals surface area contributed by atoms with E-state index in [1.54, 1.807) is 11.3 Å². The summed E-state index contributed by atoms with van der Waals surface area (Å²) in [7, 11) is 0. The Bertz CT molecular complexity index is 912. The minimum Gasteiger partial charge on any atom is -0.431 e. The number of guanidine groups is 1. The maximum Gasteiger partial charge on any atom is 0.369 e. The van der Waals surface area contributed by atoms with Crippen LogP contribution >= 0.6 is 11.3 Å². The molecule has 7 nitrogen and oxygen atoms in total. The van der Waals surface area contributed by atoms with Gasteiger partial charge in [-0.3, -0.25) is 10.7 Å². The number of nitrogens with zero attached hydrogens (tertiary/aromatic N) is 2. The Balaban J connectivity index is 1.30. The Kier molecular flexibility index (Phi) is 5.84. The Labute approximate surface area is 174 Å². The van der Waals surface area contributed by atoms with Gasteiger partial charge < -0.3 is 9.64 Å². The van der Waals surface area contributed by atoms with Crippen LogP contribution in [-0.4, -0.2) is 46.7 Å². The molecule has 1 aromatic carbocycles. The number of piperidine rings is 1. The van der Waals surface area contributed by atoms with Crippen LogP contribution in [0.1, 0.15) is 26.2 Å². The van der Waals surface area contributed by atoms with Gasteiger partial charge in [0.15, 0.2) is 0 Å². The summed E-state index contributed by atoms with van der Waals surface area (Å²) in [5.74, 6) is 1.09. The molecule has 8 heteroatoms. The second kappa shape index (κ2) is 8.52. The van der Waals surface area contributed by atoms with Crippen LogP contribution in [0.25, 0.3) is 10.2 Å². The van der Waals surface area contributed by atoms with E-state index in [2.05, 4.69) is 46.1 Å². The normalized spacial score (nSPS) is 23.9. The largest absolute Gasteiger partial charge is 0.431 e. The Morgan fingerprint density at radius 2 is 2.21 bits per heavy atom. The van der Waals surface area contributed by atoms with Crippen molar-refractivity contribution < 1.29 is 14.9 Å². The molecule has 0 bridgehead atoms. The van der Waals surface area contributed by atoms with Gasteiger partial charge in [0, 0.05) is 25.0 Å². The molecule has 0 saturated carbocycles. The number of rotatable bonds is 5. The monoisotopic (exact) mass is 414 g/mol. The first-order chi connectivity index (χ1) is 14.0. The van der Waals surface area contributed by atoms with Gasteiger partial charge >= 0.3 is 5.96 Å². The molecule has 0 radical (unpaired) electrons. The van der Waals surface area contributed by atoms with Crippen molar-refractivity contribution in [3.63, 3.8) is 0 Å². The molecule has 29 heavy (non-hydrogen) atoms. The summed E-state index contributed by atoms with van der Waals surface area (Å²) in [6.45, 7) is 5.33. The van der Waals surface area contributed by atoms with Gasteiger partial charge in [-0.1, -0.05) is 36.5 Å². The number of benzene rings is 1. The molecular weight excluding hydrogens is 386 g/mol. The highest BCUT2D eigenvalue weighted by Crippen LogP contribution is 2.34. The molecule has 5 N–H and O–H groups in total. The number of likely N-dealkylation sites (tertiary alicyclic amines) is 1. The van der Waals surface area contributed by atoms with Crippen LogP contribution in [0, 0.1) is 5.41 Å². The SMILES string of the molecule is CC1(CN2CCC([NH+]=C(N)NO)CC2)C=CC(Oc2nc3ccccc3s2)=CC1. The topological polar surface area (TPSA) is 97.6 Å². The number of fused-ring (bicyclic) bond motifs is 1. The van der Waals surface area contributed by atoms with Crippen LogP contribution in [0.2, 0.25) is 0 Å². The van der Waals surface area contributed by atoms with Crippen molar-refractivity contribution >= 4 is 27.5 Å². The fourth-order valence-electron chi connectivity index (χ4n) is 3.94. The van der Waals surface area contributed by atoms with Crippen molar-refractivity contribution in [2.75, 3.05) is 19.6 Å². The van der Waals surface area contributed by atoms with Gasteiger partial charge in [0.05, 0.1) is 16.3 Å². The maximum absolute atomic E-state index is 8.81. The first kappa shape index (κ1) is 19.9. The lowest BCUT2D eigenvalue weighted by Gasteiger charge is -2.37. The fourth-order valence-corrected chi connectivity index (χ4v) is 4.77. The van der Waals surface area contributed by atoms with Crippen molar-refractivity contribution in [2.45, 2.75) is 32.2 Å². The number of hydroxylamine groups is 1. The molecule has 2 aromatic rings. The summed E-state index contributed by atoms with van der Waals surface area (Å²) < 4.78 is 7.14. The highest BCUT2D eigenvalue weighted by Gasteiger charge is 2.29. The van der Waals surface area contributed by atoms with E-state index < -0.39 is 0 Å². The lowest BCUT2D eigenvalue weighted by atomic mass is 9.82. The van der Waals surface area contributed by atoms with Gasteiger partial charge in [0.1, 0.15) is 5.76 Å². The molecule has 0 spiro atoms. The summed E-state index contributed by atoms with van der Waals surface area (Å²) >= 11 is 1.57. The smallest absolute Gasteiger partial charge is 0.369 e. The van der Waals surface area contributed by atoms with Crippen LogP contribution in [0.5, 0.6) is 5.19 Å². The zero-order chi connectivity index (χ0) is 20.3. The predicted molar refractivity (Wildman–Crippen MR) is 115 cm³/mol. The zero-order valence-electron chi connectivity index (χ0n) is 16.6. The first-order valence-corrected chi connectivity index (χ1v) is 10.8. The number of nitrogens with two attached hydrogens (primary N) is 1. The first-order valence-electron chi connectivity index (χ1n) is 9.97. The molecule has 2 aliphatic rings. The molecule has 4 rings (SSSR count). The van der Waals surface area contributed by atoms with E-state index in [9.17, 15) is 0 Å². The highest BCUT2D eigenvalue weighted by atomic mass is 32.1. The Morgan fingerprint density at radius 1 is 1.41 bits per heavy atom. The molecule has 0 amide bonds. The number of ether oxygens (including phenoxy) is 1. The van der Waals surface area contributed by atoms with E-state index >= 15 is 0 Å². The van der Waals surface area contributed by atoms with Crippen LogP contribution in [0.15, 0.2) is 48.3 Å². The molecular formula is C21H28N5O2S+. The third-order valence-electron chi connectivity index (χ3n) is 5.55. The summed E-state index contributed by atoms with van der Waals surface area (Å²) in [5, 5.41) is 9.50. The van der Waals surface area contributed by atoms with Crippen LogP contribution < -0.4 is 20.9 Å². The second-order valence-corrected chi connectivity index (χ2v) is 9.06. The summed E-state index contributed by atoms with van der Waals surface area (Å²) in [5.41, 5.74) is 8.63. The van der Waals surface area contributed by atoms with Crippen molar-refractivity contribution in [2.24, 2.45) is 11.1 Å². The molecule has 2 heterocycles. The van der Waals surface area contributed by atoms with Gasteiger partial charge in [-0.2, -0.15) is 0 Å². The zero-order valence-corrected chi connectivity index (χ0v) is 17.4. The number of allylic oxidation sites excluding steroid dienone is 2. The lowest BCUT2D eigenvalue weighted by Crippen LogP contribution is -2.85. The maximum atomic E-state index is 8.81. The van der Waals surface area contributed by atoms with Gasteiger partial charge in [-0.05, 0) is 43.5 Å². The van der Waals surface area contributed by atoms with Crippen LogP contribution in [-0.2, 0) is 0 Å². The summed E-state index contributed by atoms with van der Waals surface area (Å²) in [6.07, 6.45) is 9.46. The van der Waals surface area contributed by atoms with E-state index in [0.717, 1.165) is 54.9 Å². The number of nitrogens with one attached hydrogen (secondary N) is 2. The summed E-state index contributed by atoms with van der Waals surface area (Å²) in [6, 6.07) is 8.38. The molecule has 154 valence electrons. The van der Waals surface area contributed by atoms with Gasteiger partial charge in [0.2, 0.25) is 0 Å². The molecule has 1 saturated heterocycles. The van der Waals surface area contributed by atoms with Crippen molar-refractivity contribution in [3.05, 3.63) is 48.3 Å². The quantitative estimate of drug-likeness (QED) is 0.335. The molecule has 1 atom stereocenters. The van der Waals surface area contributed by atoms with E-state index in [4.69, 9.17) is 15.7 Å². The van der Waals surface area contributed by atoms with Crippen molar-refractivity contribution in [3.8, 4) is 5.19 Å². The Hall–Kier alpha value is -2.42. The average molecular weight is 415 g/mol.